The van der Waals surface area contributed by atoms with Gasteiger partial charge in [-0.05, 0) is 30.4 Å². The Balaban J connectivity index is 2.77. The summed E-state index contributed by atoms with van der Waals surface area (Å²) in [6.45, 7) is 3.67. The highest BCUT2D eigenvalue weighted by Gasteiger charge is 2.23. The van der Waals surface area contributed by atoms with Gasteiger partial charge >= 0.3 is 0 Å². The SMILES string of the molecule is CC[C@@](C)(O)c1ccc(F)c2ccccc12. The van der Waals surface area contributed by atoms with Crippen LogP contribution in [0.1, 0.15) is 25.8 Å². The molecule has 0 unspecified atom stereocenters. The van der Waals surface area contributed by atoms with Gasteiger partial charge in [0.1, 0.15) is 5.82 Å². The maximum absolute atomic E-state index is 13.6. The van der Waals surface area contributed by atoms with Gasteiger partial charge in [0, 0.05) is 5.39 Å². The first-order valence-electron chi connectivity index (χ1n) is 5.46. The highest BCUT2D eigenvalue weighted by Crippen LogP contribution is 2.31. The quantitative estimate of drug-likeness (QED) is 0.816. The van der Waals surface area contributed by atoms with E-state index in [9.17, 15) is 9.50 Å². The zero-order valence-corrected chi connectivity index (χ0v) is 9.50. The van der Waals surface area contributed by atoms with Crippen molar-refractivity contribution in [2.45, 2.75) is 25.9 Å². The summed E-state index contributed by atoms with van der Waals surface area (Å²) in [7, 11) is 0. The summed E-state index contributed by atoms with van der Waals surface area (Å²) < 4.78 is 13.6. The van der Waals surface area contributed by atoms with Crippen molar-refractivity contribution >= 4 is 10.8 Å². The molecule has 0 aliphatic heterocycles. The summed E-state index contributed by atoms with van der Waals surface area (Å²) >= 11 is 0. The molecule has 0 aromatic heterocycles. The fraction of sp³-hybridized carbons (Fsp3) is 0.286. The van der Waals surface area contributed by atoms with Gasteiger partial charge in [0.05, 0.1) is 5.60 Å². The van der Waals surface area contributed by atoms with Crippen molar-refractivity contribution in [2.75, 3.05) is 0 Å². The van der Waals surface area contributed by atoms with Crippen LogP contribution in [0, 0.1) is 5.82 Å². The Morgan fingerprint density at radius 3 is 2.38 bits per heavy atom. The summed E-state index contributed by atoms with van der Waals surface area (Å²) in [6, 6.07) is 10.3. The molecule has 0 aliphatic rings. The monoisotopic (exact) mass is 218 g/mol. The molecule has 0 bridgehead atoms. The zero-order valence-electron chi connectivity index (χ0n) is 9.50. The molecule has 2 aromatic carbocycles. The van der Waals surface area contributed by atoms with E-state index in [1.807, 2.05) is 19.1 Å². The molecule has 2 aromatic rings. The van der Waals surface area contributed by atoms with Gasteiger partial charge in [0.25, 0.3) is 0 Å². The van der Waals surface area contributed by atoms with Crippen LogP contribution in [0.4, 0.5) is 4.39 Å². The van der Waals surface area contributed by atoms with Gasteiger partial charge in [0.2, 0.25) is 0 Å². The van der Waals surface area contributed by atoms with E-state index in [4.69, 9.17) is 0 Å². The number of hydrogen-bond donors (Lipinski definition) is 1. The Bertz CT molecular complexity index is 517. The lowest BCUT2D eigenvalue weighted by atomic mass is 9.89. The molecule has 0 spiro atoms. The molecule has 0 heterocycles. The minimum Gasteiger partial charge on any atom is -0.385 e. The normalized spacial score (nSPS) is 15.0. The van der Waals surface area contributed by atoms with Crippen LogP contribution in [0.15, 0.2) is 36.4 Å². The highest BCUT2D eigenvalue weighted by atomic mass is 19.1. The van der Waals surface area contributed by atoms with Crippen LogP contribution in [-0.4, -0.2) is 5.11 Å². The maximum atomic E-state index is 13.6. The van der Waals surface area contributed by atoms with Crippen LogP contribution in [0.25, 0.3) is 10.8 Å². The summed E-state index contributed by atoms with van der Waals surface area (Å²) in [5, 5.41) is 11.6. The predicted octanol–water partition coefficient (Wildman–Crippen LogP) is 3.60. The van der Waals surface area contributed by atoms with Gasteiger partial charge in [-0.3, -0.25) is 0 Å². The molecule has 16 heavy (non-hydrogen) atoms. The molecule has 2 heteroatoms. The van der Waals surface area contributed by atoms with E-state index < -0.39 is 5.60 Å². The number of aliphatic hydroxyl groups is 1. The summed E-state index contributed by atoms with van der Waals surface area (Å²) in [5.74, 6) is -0.244. The minimum atomic E-state index is -0.909. The second-order valence-electron chi connectivity index (χ2n) is 4.27. The lowest BCUT2D eigenvalue weighted by Gasteiger charge is -2.23. The van der Waals surface area contributed by atoms with Crippen LogP contribution >= 0.6 is 0 Å². The second kappa shape index (κ2) is 3.87. The van der Waals surface area contributed by atoms with E-state index in [1.165, 1.54) is 6.07 Å². The molecule has 0 aliphatic carbocycles. The van der Waals surface area contributed by atoms with Gasteiger partial charge in [-0.15, -0.1) is 0 Å². The van der Waals surface area contributed by atoms with Crippen molar-refractivity contribution in [2.24, 2.45) is 0 Å². The molecule has 0 saturated heterocycles. The van der Waals surface area contributed by atoms with Crippen molar-refractivity contribution < 1.29 is 9.50 Å². The first-order chi connectivity index (χ1) is 7.56. The zero-order chi connectivity index (χ0) is 11.8. The topological polar surface area (TPSA) is 20.2 Å². The van der Waals surface area contributed by atoms with Crippen LogP contribution in [0.5, 0.6) is 0 Å². The Morgan fingerprint density at radius 1 is 1.12 bits per heavy atom. The van der Waals surface area contributed by atoms with Crippen molar-refractivity contribution in [3.8, 4) is 0 Å². The molecule has 1 atom stereocenters. The molecule has 0 fully saturated rings. The number of hydrogen-bond acceptors (Lipinski definition) is 1. The molecule has 2 rings (SSSR count). The van der Waals surface area contributed by atoms with E-state index in [-0.39, 0.29) is 5.82 Å². The molecule has 1 nitrogen and oxygen atoms in total. The summed E-state index contributed by atoms with van der Waals surface area (Å²) in [4.78, 5) is 0. The summed E-state index contributed by atoms with van der Waals surface area (Å²) in [6.07, 6.45) is 0.600. The highest BCUT2D eigenvalue weighted by molar-refractivity contribution is 5.87. The Hall–Kier alpha value is -1.41. The van der Waals surface area contributed by atoms with E-state index in [1.54, 1.807) is 25.1 Å². The number of halogens is 1. The Labute approximate surface area is 94.5 Å². The molecule has 84 valence electrons. The molecule has 0 saturated carbocycles. The lowest BCUT2D eigenvalue weighted by molar-refractivity contribution is 0.0546. The first kappa shape index (κ1) is 11.1. The summed E-state index contributed by atoms with van der Waals surface area (Å²) in [5.41, 5.74) is -0.125. The van der Waals surface area contributed by atoms with Crippen LogP contribution in [-0.2, 0) is 5.60 Å². The smallest absolute Gasteiger partial charge is 0.131 e. The minimum absolute atomic E-state index is 0.244. The third-order valence-electron chi connectivity index (χ3n) is 3.14. The van der Waals surface area contributed by atoms with Crippen LogP contribution in [0.3, 0.4) is 0 Å². The fourth-order valence-electron chi connectivity index (χ4n) is 1.92. The van der Waals surface area contributed by atoms with E-state index in [2.05, 4.69) is 0 Å². The molecular formula is C14H15FO. The third-order valence-corrected chi connectivity index (χ3v) is 3.14. The van der Waals surface area contributed by atoms with E-state index in [0.717, 1.165) is 10.9 Å². The number of benzene rings is 2. The van der Waals surface area contributed by atoms with Gasteiger partial charge in [-0.1, -0.05) is 37.3 Å². The van der Waals surface area contributed by atoms with Crippen molar-refractivity contribution in [1.82, 2.24) is 0 Å². The number of rotatable bonds is 2. The molecular weight excluding hydrogens is 203 g/mol. The third kappa shape index (κ3) is 1.69. The lowest BCUT2D eigenvalue weighted by Crippen LogP contribution is -2.20. The average molecular weight is 218 g/mol. The molecule has 0 amide bonds. The van der Waals surface area contributed by atoms with Gasteiger partial charge < -0.3 is 5.11 Å². The standard InChI is InChI=1S/C14H15FO/c1-3-14(2,16)12-8-9-13(15)11-7-5-4-6-10(11)12/h4-9,16H,3H2,1-2H3/t14-/m1/s1. The van der Waals surface area contributed by atoms with Crippen molar-refractivity contribution in [3.05, 3.63) is 47.8 Å². The maximum Gasteiger partial charge on any atom is 0.131 e. The largest absolute Gasteiger partial charge is 0.385 e. The van der Waals surface area contributed by atoms with Crippen molar-refractivity contribution in [1.29, 1.82) is 0 Å². The number of fused-ring (bicyclic) bond motifs is 1. The van der Waals surface area contributed by atoms with E-state index in [0.29, 0.717) is 11.8 Å². The van der Waals surface area contributed by atoms with Crippen molar-refractivity contribution in [3.63, 3.8) is 0 Å². The first-order valence-corrected chi connectivity index (χ1v) is 5.46. The Morgan fingerprint density at radius 2 is 1.75 bits per heavy atom. The Kier molecular flexibility index (Phi) is 2.68. The predicted molar refractivity (Wildman–Crippen MR) is 63.8 cm³/mol. The van der Waals surface area contributed by atoms with Crippen LogP contribution < -0.4 is 0 Å². The van der Waals surface area contributed by atoms with E-state index >= 15 is 0 Å². The fourth-order valence-corrected chi connectivity index (χ4v) is 1.92. The van der Waals surface area contributed by atoms with Gasteiger partial charge in [-0.25, -0.2) is 4.39 Å². The van der Waals surface area contributed by atoms with Gasteiger partial charge in [0.15, 0.2) is 0 Å². The van der Waals surface area contributed by atoms with Gasteiger partial charge in [-0.2, -0.15) is 0 Å². The van der Waals surface area contributed by atoms with Crippen LogP contribution in [0.2, 0.25) is 0 Å². The molecule has 0 radical (unpaired) electrons. The average Bonchev–Trinajstić information content (AvgIpc) is 2.29. The molecule has 1 N–H and O–H groups in total. The second-order valence-corrected chi connectivity index (χ2v) is 4.27.